The summed E-state index contributed by atoms with van der Waals surface area (Å²) in [5.41, 5.74) is -0.198. The molecule has 1 N–H and O–H groups in total. The van der Waals surface area contributed by atoms with Gasteiger partial charge in [-0.1, -0.05) is 26.0 Å². The topological polar surface area (TPSA) is 49.4 Å². The van der Waals surface area contributed by atoms with Crippen molar-refractivity contribution in [2.45, 2.75) is 38.8 Å². The third-order valence-corrected chi connectivity index (χ3v) is 3.68. The SMILES string of the molecule is CCC1(CC)NC(=O)N(Cc2cccc(F)c2)C1=O. The zero-order valence-electron chi connectivity index (χ0n) is 11.1. The average molecular weight is 264 g/mol. The molecule has 0 unspecified atom stereocenters. The molecule has 1 aromatic rings. The van der Waals surface area contributed by atoms with Crippen LogP contribution >= 0.6 is 0 Å². The lowest BCUT2D eigenvalue weighted by atomic mass is 9.93. The van der Waals surface area contributed by atoms with Crippen molar-refractivity contribution in [1.82, 2.24) is 10.2 Å². The summed E-state index contributed by atoms with van der Waals surface area (Å²) in [5.74, 6) is -0.603. The van der Waals surface area contributed by atoms with Crippen molar-refractivity contribution in [2.24, 2.45) is 0 Å². The van der Waals surface area contributed by atoms with Crippen LogP contribution in [0.2, 0.25) is 0 Å². The Labute approximate surface area is 111 Å². The fourth-order valence-electron chi connectivity index (χ4n) is 2.37. The Hall–Kier alpha value is -1.91. The first-order chi connectivity index (χ1) is 9.02. The molecule has 1 heterocycles. The van der Waals surface area contributed by atoms with Crippen LogP contribution in [0.25, 0.3) is 0 Å². The molecular weight excluding hydrogens is 247 g/mol. The maximum atomic E-state index is 13.1. The fraction of sp³-hybridized carbons (Fsp3) is 0.429. The molecule has 4 nitrogen and oxygen atoms in total. The Morgan fingerprint density at radius 2 is 1.95 bits per heavy atom. The van der Waals surface area contributed by atoms with E-state index in [1.807, 2.05) is 13.8 Å². The minimum Gasteiger partial charge on any atom is -0.323 e. The van der Waals surface area contributed by atoms with E-state index in [1.54, 1.807) is 12.1 Å². The number of halogens is 1. The van der Waals surface area contributed by atoms with E-state index in [9.17, 15) is 14.0 Å². The molecule has 19 heavy (non-hydrogen) atoms. The van der Waals surface area contributed by atoms with Gasteiger partial charge in [-0.05, 0) is 30.5 Å². The molecule has 0 aromatic heterocycles. The van der Waals surface area contributed by atoms with Crippen molar-refractivity contribution < 1.29 is 14.0 Å². The van der Waals surface area contributed by atoms with Gasteiger partial charge in [0.2, 0.25) is 0 Å². The minimum atomic E-state index is -0.801. The lowest BCUT2D eigenvalue weighted by Gasteiger charge is -2.23. The van der Waals surface area contributed by atoms with E-state index in [-0.39, 0.29) is 18.3 Å². The van der Waals surface area contributed by atoms with Gasteiger partial charge in [0.25, 0.3) is 5.91 Å². The highest BCUT2D eigenvalue weighted by Gasteiger charge is 2.48. The molecule has 0 spiro atoms. The van der Waals surface area contributed by atoms with Crippen LogP contribution in [0.3, 0.4) is 0 Å². The van der Waals surface area contributed by atoms with Crippen molar-refractivity contribution in [1.29, 1.82) is 0 Å². The highest BCUT2D eigenvalue weighted by atomic mass is 19.1. The van der Waals surface area contributed by atoms with Crippen LogP contribution in [0.4, 0.5) is 9.18 Å². The van der Waals surface area contributed by atoms with E-state index in [4.69, 9.17) is 0 Å². The van der Waals surface area contributed by atoms with Crippen LogP contribution in [-0.4, -0.2) is 22.4 Å². The first-order valence-corrected chi connectivity index (χ1v) is 6.41. The van der Waals surface area contributed by atoms with Crippen molar-refractivity contribution in [3.05, 3.63) is 35.6 Å². The molecule has 1 saturated heterocycles. The second kappa shape index (κ2) is 4.99. The second-order valence-corrected chi connectivity index (χ2v) is 4.74. The van der Waals surface area contributed by atoms with Crippen molar-refractivity contribution in [2.75, 3.05) is 0 Å². The molecule has 1 aliphatic rings. The number of imide groups is 1. The van der Waals surface area contributed by atoms with Crippen LogP contribution in [0.5, 0.6) is 0 Å². The molecule has 0 bridgehead atoms. The first kappa shape index (κ1) is 13.5. The second-order valence-electron chi connectivity index (χ2n) is 4.74. The normalized spacial score (nSPS) is 17.7. The summed E-state index contributed by atoms with van der Waals surface area (Å²) in [7, 11) is 0. The number of nitrogens with zero attached hydrogens (tertiary/aromatic N) is 1. The van der Waals surface area contributed by atoms with Gasteiger partial charge in [-0.3, -0.25) is 9.69 Å². The van der Waals surface area contributed by atoms with Gasteiger partial charge < -0.3 is 5.32 Å². The van der Waals surface area contributed by atoms with Gasteiger partial charge in [-0.25, -0.2) is 9.18 Å². The number of rotatable bonds is 4. The molecule has 0 atom stereocenters. The predicted octanol–water partition coefficient (Wildman–Crippen LogP) is 2.44. The summed E-state index contributed by atoms with van der Waals surface area (Å²) in [5, 5.41) is 2.75. The first-order valence-electron chi connectivity index (χ1n) is 6.41. The summed E-state index contributed by atoms with van der Waals surface area (Å²) in [4.78, 5) is 25.4. The standard InChI is InChI=1S/C14H17FN2O2/c1-3-14(4-2)12(18)17(13(19)16-14)9-10-6-5-7-11(15)8-10/h5-8H,3-4,9H2,1-2H3,(H,16,19). The number of hydrogen-bond donors (Lipinski definition) is 1. The number of benzene rings is 1. The van der Waals surface area contributed by atoms with Gasteiger partial charge in [0, 0.05) is 0 Å². The number of amides is 3. The summed E-state index contributed by atoms with van der Waals surface area (Å²) < 4.78 is 13.1. The Kier molecular flexibility index (Phi) is 3.55. The quantitative estimate of drug-likeness (QED) is 0.849. The monoisotopic (exact) mass is 264 g/mol. The van der Waals surface area contributed by atoms with E-state index >= 15 is 0 Å². The van der Waals surface area contributed by atoms with Crippen molar-refractivity contribution in [3.8, 4) is 0 Å². The van der Waals surface area contributed by atoms with E-state index in [1.165, 1.54) is 12.1 Å². The zero-order valence-corrected chi connectivity index (χ0v) is 11.1. The third kappa shape index (κ3) is 2.32. The number of carbonyl (C=O) groups is 2. The number of hydrogen-bond acceptors (Lipinski definition) is 2. The Morgan fingerprint density at radius 1 is 1.26 bits per heavy atom. The Morgan fingerprint density at radius 3 is 2.47 bits per heavy atom. The largest absolute Gasteiger partial charge is 0.325 e. The molecule has 2 rings (SSSR count). The molecule has 5 heteroatoms. The Bertz CT molecular complexity index is 512. The average Bonchev–Trinajstić information content (AvgIpc) is 2.64. The summed E-state index contributed by atoms with van der Waals surface area (Å²) >= 11 is 0. The van der Waals surface area contributed by atoms with Gasteiger partial charge in [0.1, 0.15) is 11.4 Å². The van der Waals surface area contributed by atoms with E-state index in [0.717, 1.165) is 4.90 Å². The molecule has 102 valence electrons. The van der Waals surface area contributed by atoms with Gasteiger partial charge in [0.05, 0.1) is 6.54 Å². The molecule has 0 radical (unpaired) electrons. The molecule has 0 saturated carbocycles. The van der Waals surface area contributed by atoms with E-state index in [2.05, 4.69) is 5.32 Å². The molecule has 1 aromatic carbocycles. The number of nitrogens with one attached hydrogen (secondary N) is 1. The molecular formula is C14H17FN2O2. The van der Waals surface area contributed by atoms with Crippen molar-refractivity contribution >= 4 is 11.9 Å². The van der Waals surface area contributed by atoms with Crippen molar-refractivity contribution in [3.63, 3.8) is 0 Å². The van der Waals surface area contributed by atoms with Crippen LogP contribution in [-0.2, 0) is 11.3 Å². The third-order valence-electron chi connectivity index (χ3n) is 3.68. The van der Waals surface area contributed by atoms with Crippen LogP contribution < -0.4 is 5.32 Å². The van der Waals surface area contributed by atoms with Gasteiger partial charge in [-0.2, -0.15) is 0 Å². The van der Waals surface area contributed by atoms with Gasteiger partial charge in [0.15, 0.2) is 0 Å². The lowest BCUT2D eigenvalue weighted by Crippen LogP contribution is -2.45. The number of urea groups is 1. The van der Waals surface area contributed by atoms with E-state index in [0.29, 0.717) is 18.4 Å². The summed E-state index contributed by atoms with van der Waals surface area (Å²) in [6.45, 7) is 3.84. The highest BCUT2D eigenvalue weighted by molar-refractivity contribution is 6.06. The molecule has 3 amide bonds. The summed E-state index contributed by atoms with van der Waals surface area (Å²) in [6, 6.07) is 5.52. The lowest BCUT2D eigenvalue weighted by molar-refractivity contribution is -0.132. The zero-order chi connectivity index (χ0) is 14.0. The molecule has 0 aliphatic carbocycles. The maximum Gasteiger partial charge on any atom is 0.325 e. The van der Waals surface area contributed by atoms with Crippen LogP contribution in [0.1, 0.15) is 32.3 Å². The number of carbonyl (C=O) groups excluding carboxylic acids is 2. The van der Waals surface area contributed by atoms with Gasteiger partial charge >= 0.3 is 6.03 Å². The Balaban J connectivity index is 2.22. The molecule has 1 fully saturated rings. The smallest absolute Gasteiger partial charge is 0.323 e. The molecule has 1 aliphatic heterocycles. The maximum absolute atomic E-state index is 13.1. The van der Waals surface area contributed by atoms with Crippen LogP contribution in [0.15, 0.2) is 24.3 Å². The minimum absolute atomic E-state index is 0.101. The van der Waals surface area contributed by atoms with E-state index < -0.39 is 11.6 Å². The highest BCUT2D eigenvalue weighted by Crippen LogP contribution is 2.26. The summed E-state index contributed by atoms with van der Waals surface area (Å²) in [6.07, 6.45) is 1.10. The van der Waals surface area contributed by atoms with Gasteiger partial charge in [-0.15, -0.1) is 0 Å². The predicted molar refractivity (Wildman–Crippen MR) is 68.8 cm³/mol. The van der Waals surface area contributed by atoms with Crippen LogP contribution in [0, 0.1) is 5.82 Å². The fourth-order valence-corrected chi connectivity index (χ4v) is 2.37.